The zero-order valence-corrected chi connectivity index (χ0v) is 17.2. The van der Waals surface area contributed by atoms with Crippen molar-refractivity contribution in [3.05, 3.63) is 59.9 Å². The van der Waals surface area contributed by atoms with Gasteiger partial charge in [0.25, 0.3) is 0 Å². The van der Waals surface area contributed by atoms with Crippen molar-refractivity contribution in [2.45, 2.75) is 13.0 Å². The summed E-state index contributed by atoms with van der Waals surface area (Å²) in [4.78, 5) is 23.6. The summed E-state index contributed by atoms with van der Waals surface area (Å²) in [6, 6.07) is 8.85. The van der Waals surface area contributed by atoms with Gasteiger partial charge in [-0.3, -0.25) is 9.48 Å². The molecule has 0 saturated carbocycles. The Morgan fingerprint density at radius 2 is 1.94 bits per heavy atom. The normalized spacial score (nSPS) is 10.8. The molecule has 11 heteroatoms. The molecule has 0 atom stereocenters. The summed E-state index contributed by atoms with van der Waals surface area (Å²) in [5.74, 6) is -0.426. The number of hydrogen-bond acceptors (Lipinski definition) is 7. The lowest BCUT2D eigenvalue weighted by Gasteiger charge is -2.10. The van der Waals surface area contributed by atoms with Gasteiger partial charge in [0.2, 0.25) is 11.9 Å². The Hall–Kier alpha value is -3.79. The fourth-order valence-corrected chi connectivity index (χ4v) is 3.02. The third-order valence-electron chi connectivity index (χ3n) is 4.46. The van der Waals surface area contributed by atoms with Crippen LogP contribution in [0.25, 0.3) is 10.9 Å². The number of hydrogen-bond donors (Lipinski definition) is 3. The molecule has 0 aliphatic carbocycles. The third kappa shape index (κ3) is 4.86. The van der Waals surface area contributed by atoms with Crippen molar-refractivity contribution in [1.82, 2.24) is 30.0 Å². The Morgan fingerprint density at radius 1 is 1.10 bits per heavy atom. The van der Waals surface area contributed by atoms with Crippen molar-refractivity contribution in [3.8, 4) is 0 Å². The maximum absolute atomic E-state index is 14.1. The maximum Gasteiger partial charge on any atom is 0.229 e. The molecule has 4 rings (SSSR count). The molecule has 0 bridgehead atoms. The van der Waals surface area contributed by atoms with Crippen molar-refractivity contribution in [1.29, 1.82) is 0 Å². The van der Waals surface area contributed by atoms with Crippen LogP contribution in [0.2, 0.25) is 5.15 Å². The van der Waals surface area contributed by atoms with Gasteiger partial charge in [-0.2, -0.15) is 10.1 Å². The number of halogens is 2. The fraction of sp³-hybridized carbons (Fsp3) is 0.150. The van der Waals surface area contributed by atoms with Crippen LogP contribution in [-0.2, 0) is 11.3 Å². The van der Waals surface area contributed by atoms with E-state index in [9.17, 15) is 9.18 Å². The Balaban J connectivity index is 1.50. The Morgan fingerprint density at radius 3 is 2.71 bits per heavy atom. The highest BCUT2D eigenvalue weighted by Gasteiger charge is 2.10. The van der Waals surface area contributed by atoms with Crippen molar-refractivity contribution in [3.63, 3.8) is 0 Å². The molecule has 0 unspecified atom stereocenters. The largest absolute Gasteiger partial charge is 0.359 e. The molecule has 9 nitrogen and oxygen atoms in total. The second-order valence-corrected chi connectivity index (χ2v) is 6.96. The zero-order chi connectivity index (χ0) is 21.8. The van der Waals surface area contributed by atoms with Crippen LogP contribution in [0.4, 0.5) is 27.5 Å². The molecule has 0 saturated heterocycles. The number of anilines is 4. The topological polar surface area (TPSA) is 110 Å². The smallest absolute Gasteiger partial charge is 0.229 e. The molecule has 0 aliphatic heterocycles. The minimum atomic E-state index is -0.603. The van der Waals surface area contributed by atoms with Crippen LogP contribution in [0.3, 0.4) is 0 Å². The molecular weight excluding hydrogens is 423 g/mol. The van der Waals surface area contributed by atoms with E-state index in [1.54, 1.807) is 30.1 Å². The highest BCUT2D eigenvalue weighted by Crippen LogP contribution is 2.23. The van der Waals surface area contributed by atoms with Crippen LogP contribution in [0, 0.1) is 5.82 Å². The number of fused-ring (bicyclic) bond motifs is 1. The lowest BCUT2D eigenvalue weighted by Crippen LogP contribution is -2.19. The van der Waals surface area contributed by atoms with Crippen LogP contribution in [-0.4, -0.2) is 37.7 Å². The van der Waals surface area contributed by atoms with E-state index in [2.05, 4.69) is 36.0 Å². The summed E-state index contributed by atoms with van der Waals surface area (Å²) in [5, 5.41) is 14.1. The number of carbonyl (C=O) groups excluding carboxylic acids is 1. The van der Waals surface area contributed by atoms with Gasteiger partial charge in [-0.1, -0.05) is 11.6 Å². The number of nitrogens with zero attached hydrogens (tertiary/aromatic N) is 5. The Labute approximate surface area is 181 Å². The second-order valence-electron chi connectivity index (χ2n) is 6.57. The summed E-state index contributed by atoms with van der Waals surface area (Å²) in [6.07, 6.45) is 4.62. The maximum atomic E-state index is 14.1. The molecular formula is C20H18ClFN8O. The molecule has 1 amide bonds. The highest BCUT2D eigenvalue weighted by atomic mass is 35.5. The van der Waals surface area contributed by atoms with Crippen molar-refractivity contribution in [2.75, 3.05) is 17.7 Å². The molecule has 0 radical (unpaired) electrons. The molecule has 1 aromatic carbocycles. The summed E-state index contributed by atoms with van der Waals surface area (Å²) in [7, 11) is 1.60. The first-order chi connectivity index (χ1) is 15.0. The molecule has 3 aromatic heterocycles. The number of rotatable bonds is 7. The molecule has 0 spiro atoms. The fourth-order valence-electron chi connectivity index (χ4n) is 2.91. The minimum absolute atomic E-state index is 0.00437. The monoisotopic (exact) mass is 440 g/mol. The quantitative estimate of drug-likeness (QED) is 0.376. The summed E-state index contributed by atoms with van der Waals surface area (Å²) in [6.45, 7) is 0.478. The van der Waals surface area contributed by atoms with E-state index in [1.807, 2.05) is 18.2 Å². The number of pyridine rings is 1. The van der Waals surface area contributed by atoms with Crippen LogP contribution < -0.4 is 16.0 Å². The van der Waals surface area contributed by atoms with Gasteiger partial charge in [-0.05, 0) is 30.3 Å². The van der Waals surface area contributed by atoms with E-state index < -0.39 is 5.82 Å². The number of amides is 1. The first-order valence-electron chi connectivity index (χ1n) is 9.36. The molecule has 3 N–H and O–H groups in total. The van der Waals surface area contributed by atoms with Gasteiger partial charge in [0.1, 0.15) is 5.15 Å². The van der Waals surface area contributed by atoms with Crippen LogP contribution >= 0.6 is 11.6 Å². The second kappa shape index (κ2) is 8.92. The lowest BCUT2D eigenvalue weighted by atomic mass is 10.2. The van der Waals surface area contributed by atoms with E-state index in [0.717, 1.165) is 17.1 Å². The molecule has 158 valence electrons. The van der Waals surface area contributed by atoms with E-state index in [1.165, 1.54) is 6.20 Å². The predicted octanol–water partition coefficient (Wildman–Crippen LogP) is 3.64. The third-order valence-corrected chi connectivity index (χ3v) is 4.69. The number of aromatic nitrogens is 5. The lowest BCUT2D eigenvalue weighted by molar-refractivity contribution is -0.120. The van der Waals surface area contributed by atoms with Crippen molar-refractivity contribution >= 4 is 51.6 Å². The van der Waals surface area contributed by atoms with Gasteiger partial charge in [0.05, 0.1) is 36.3 Å². The van der Waals surface area contributed by atoms with E-state index >= 15 is 0 Å². The molecule has 0 fully saturated rings. The molecule has 0 aliphatic rings. The average molecular weight is 441 g/mol. The van der Waals surface area contributed by atoms with Gasteiger partial charge in [-0.15, -0.1) is 0 Å². The molecule has 31 heavy (non-hydrogen) atoms. The van der Waals surface area contributed by atoms with Gasteiger partial charge < -0.3 is 16.0 Å². The van der Waals surface area contributed by atoms with Gasteiger partial charge in [0, 0.05) is 24.5 Å². The summed E-state index contributed by atoms with van der Waals surface area (Å²) >= 11 is 5.77. The first-order valence-corrected chi connectivity index (χ1v) is 9.74. The predicted molar refractivity (Wildman–Crippen MR) is 116 cm³/mol. The number of benzene rings is 1. The van der Waals surface area contributed by atoms with Crippen molar-refractivity contribution < 1.29 is 9.18 Å². The summed E-state index contributed by atoms with van der Waals surface area (Å²) in [5.41, 5.74) is 2.15. The van der Waals surface area contributed by atoms with Gasteiger partial charge in [-0.25, -0.2) is 14.4 Å². The van der Waals surface area contributed by atoms with Crippen LogP contribution in [0.15, 0.2) is 48.9 Å². The average Bonchev–Trinajstić information content (AvgIpc) is 3.18. The zero-order valence-electron chi connectivity index (χ0n) is 16.4. The molecule has 4 aromatic rings. The Bertz CT molecular complexity index is 1230. The number of aryl methyl sites for hydroxylation is 1. The van der Waals surface area contributed by atoms with Crippen LogP contribution in [0.1, 0.15) is 6.42 Å². The summed E-state index contributed by atoms with van der Waals surface area (Å²) < 4.78 is 15.9. The standard InChI is InChI=1S/C20H18ClFN8O/c1-23-18(31)6-7-30-16-4-2-13(8-12(16)9-26-30)28-20-25-11-15(22)19(29-20)27-14-3-5-17(21)24-10-14/h2-5,8-11H,6-7H2,1H3,(H,23,31)(H2,25,27,28,29). The highest BCUT2D eigenvalue weighted by molar-refractivity contribution is 6.29. The SMILES string of the molecule is CNC(=O)CCn1ncc2cc(Nc3ncc(F)c(Nc4ccc(Cl)nc4)n3)ccc21. The van der Waals surface area contributed by atoms with E-state index in [0.29, 0.717) is 29.5 Å². The Kier molecular flexibility index (Phi) is 5.89. The van der Waals surface area contributed by atoms with E-state index in [4.69, 9.17) is 11.6 Å². The number of carbonyl (C=O) groups is 1. The number of nitrogens with one attached hydrogen (secondary N) is 3. The van der Waals surface area contributed by atoms with Crippen LogP contribution in [0.5, 0.6) is 0 Å². The molecule has 3 heterocycles. The van der Waals surface area contributed by atoms with Gasteiger partial charge >= 0.3 is 0 Å². The van der Waals surface area contributed by atoms with E-state index in [-0.39, 0.29) is 17.7 Å². The van der Waals surface area contributed by atoms with Gasteiger partial charge in [0.15, 0.2) is 11.6 Å². The minimum Gasteiger partial charge on any atom is -0.359 e. The first kappa shape index (κ1) is 20.5. The van der Waals surface area contributed by atoms with Crippen molar-refractivity contribution in [2.24, 2.45) is 0 Å².